The van der Waals surface area contributed by atoms with E-state index in [4.69, 9.17) is 57.5 Å². The molecule has 290 valence electrons. The molecule has 0 radical (unpaired) electrons. The van der Waals surface area contributed by atoms with Crippen LogP contribution in [0.15, 0.2) is 0 Å². The molecule has 0 aromatic rings. The number of methoxy groups -OCH3 is 1. The molecule has 18 heteroatoms. The van der Waals surface area contributed by atoms with E-state index in [9.17, 15) is 25.2 Å². The zero-order chi connectivity index (χ0) is 36.3. The summed E-state index contributed by atoms with van der Waals surface area (Å²) in [6, 6.07) is -0.675. The lowest BCUT2D eigenvalue weighted by Gasteiger charge is -2.40. The van der Waals surface area contributed by atoms with E-state index >= 15 is 0 Å². The van der Waals surface area contributed by atoms with Gasteiger partial charge in [-0.3, -0.25) is 4.79 Å². The van der Waals surface area contributed by atoms with Crippen molar-refractivity contribution in [2.45, 2.75) is 144 Å². The standard InChI is InChI=1S/C15H29N3O4.C9H20N2O3.C7H16N2O4/c16-5-1-2-14(20)18-11-6-10(17)7-13(8-11)22-15-4-3-12(9-19)21-15;10-4-1-5-11-6-8-7(12)2-3-9(13)14-8;1-12-7-4(9)6(11)5(10)3(2-8)13-7/h10-13,15,19H,1-9,16-17H2,(H,18,20);7-9,11-13H,1-6,10H2;3-7,10-11H,2,8-9H2,1H3/t;7-,8?,9-;3-,4+,5+,6?,7-/m.00/s1. The summed E-state index contributed by atoms with van der Waals surface area (Å²) in [7, 11) is 1.42. The zero-order valence-corrected chi connectivity index (χ0v) is 28.9. The maximum Gasteiger partial charge on any atom is 0.220 e. The number of nitrogens with one attached hydrogen (secondary N) is 2. The molecule has 4 fully saturated rings. The first-order chi connectivity index (χ1) is 23.4. The van der Waals surface area contributed by atoms with Crippen LogP contribution >= 0.6 is 0 Å². The molecule has 1 aliphatic carbocycles. The molecule has 4 aliphatic rings. The molecule has 0 aromatic carbocycles. The molecule has 13 atom stereocenters. The Hall–Kier alpha value is -1.17. The van der Waals surface area contributed by atoms with Crippen molar-refractivity contribution in [3.05, 3.63) is 0 Å². The van der Waals surface area contributed by atoms with Gasteiger partial charge in [0.05, 0.1) is 37.1 Å². The van der Waals surface area contributed by atoms with Crippen molar-refractivity contribution >= 4 is 5.91 Å². The number of carbonyl (C=O) groups excluding carboxylic acids is 1. The van der Waals surface area contributed by atoms with E-state index in [1.54, 1.807) is 0 Å². The predicted molar refractivity (Wildman–Crippen MR) is 179 cm³/mol. The summed E-state index contributed by atoms with van der Waals surface area (Å²) in [5.41, 5.74) is 27.7. The summed E-state index contributed by atoms with van der Waals surface area (Å²) >= 11 is 0. The highest BCUT2D eigenvalue weighted by Gasteiger charge is 2.42. The number of nitrogens with two attached hydrogens (primary N) is 5. The lowest BCUT2D eigenvalue weighted by atomic mass is 9.89. The molecule has 0 bridgehead atoms. The fourth-order valence-electron chi connectivity index (χ4n) is 6.10. The topological polar surface area (TPSA) is 319 Å². The highest BCUT2D eigenvalue weighted by atomic mass is 16.7. The van der Waals surface area contributed by atoms with Gasteiger partial charge in [-0.05, 0) is 64.6 Å². The van der Waals surface area contributed by atoms with Crippen LogP contribution in [0.1, 0.15) is 64.2 Å². The summed E-state index contributed by atoms with van der Waals surface area (Å²) in [6.07, 6.45) is 1.77. The third-order valence-electron chi connectivity index (χ3n) is 8.88. The largest absolute Gasteiger partial charge is 0.394 e. The van der Waals surface area contributed by atoms with Gasteiger partial charge in [0.2, 0.25) is 5.91 Å². The monoisotopic (exact) mass is 711 g/mol. The molecule has 3 heterocycles. The lowest BCUT2D eigenvalue weighted by Crippen LogP contribution is -2.62. The maximum atomic E-state index is 11.8. The van der Waals surface area contributed by atoms with E-state index in [1.165, 1.54) is 7.11 Å². The average Bonchev–Trinajstić information content (AvgIpc) is 3.54. The normalized spacial score (nSPS) is 37.7. The van der Waals surface area contributed by atoms with E-state index in [0.717, 1.165) is 45.1 Å². The van der Waals surface area contributed by atoms with Crippen LogP contribution in [0.5, 0.6) is 0 Å². The Morgan fingerprint density at radius 2 is 1.61 bits per heavy atom. The molecule has 1 saturated carbocycles. The molecule has 49 heavy (non-hydrogen) atoms. The molecule has 0 aromatic heterocycles. The Morgan fingerprint density at radius 1 is 0.878 bits per heavy atom. The fraction of sp³-hybridized carbons (Fsp3) is 0.968. The van der Waals surface area contributed by atoms with Gasteiger partial charge in [0.1, 0.15) is 18.3 Å². The summed E-state index contributed by atoms with van der Waals surface area (Å²) < 4.78 is 26.8. The van der Waals surface area contributed by atoms with Gasteiger partial charge in [-0.25, -0.2) is 0 Å². The van der Waals surface area contributed by atoms with Crippen LogP contribution in [0.2, 0.25) is 0 Å². The van der Waals surface area contributed by atoms with Gasteiger partial charge in [-0.2, -0.15) is 0 Å². The first-order valence-corrected chi connectivity index (χ1v) is 17.5. The molecule has 1 amide bonds. The van der Waals surface area contributed by atoms with Gasteiger partial charge in [-0.15, -0.1) is 0 Å². The zero-order valence-electron chi connectivity index (χ0n) is 28.9. The van der Waals surface area contributed by atoms with E-state index in [-0.39, 0.29) is 55.7 Å². The van der Waals surface area contributed by atoms with E-state index in [0.29, 0.717) is 45.3 Å². The summed E-state index contributed by atoms with van der Waals surface area (Å²) in [4.78, 5) is 11.8. The molecular formula is C31H65N7O11. The van der Waals surface area contributed by atoms with Crippen LogP contribution in [-0.2, 0) is 28.5 Å². The van der Waals surface area contributed by atoms with E-state index in [2.05, 4.69) is 10.6 Å². The maximum absolute atomic E-state index is 11.8. The Bertz CT molecular complexity index is 868. The van der Waals surface area contributed by atoms with Crippen LogP contribution in [0, 0.1) is 0 Å². The van der Waals surface area contributed by atoms with E-state index in [1.807, 2.05) is 0 Å². The molecule has 18 nitrogen and oxygen atoms in total. The minimum Gasteiger partial charge on any atom is -0.394 e. The molecule has 0 spiro atoms. The first kappa shape index (κ1) is 44.0. The minimum atomic E-state index is -1.06. The van der Waals surface area contributed by atoms with E-state index < -0.39 is 43.0 Å². The van der Waals surface area contributed by atoms with Crippen molar-refractivity contribution < 1.29 is 54.0 Å². The van der Waals surface area contributed by atoms with Crippen molar-refractivity contribution in [2.75, 3.05) is 46.4 Å². The second-order valence-electron chi connectivity index (χ2n) is 13.0. The van der Waals surface area contributed by atoms with Crippen LogP contribution < -0.4 is 39.3 Å². The van der Waals surface area contributed by atoms with Gasteiger partial charge in [0.25, 0.3) is 0 Å². The highest BCUT2D eigenvalue weighted by molar-refractivity contribution is 5.76. The van der Waals surface area contributed by atoms with Gasteiger partial charge < -0.3 is 88.5 Å². The van der Waals surface area contributed by atoms with Gasteiger partial charge in [0.15, 0.2) is 18.9 Å². The number of amides is 1. The second-order valence-corrected chi connectivity index (χ2v) is 13.0. The van der Waals surface area contributed by atoms with Gasteiger partial charge in [-0.1, -0.05) is 0 Å². The number of carbonyl (C=O) groups is 1. The van der Waals surface area contributed by atoms with Crippen LogP contribution in [-0.4, -0.2) is 158 Å². The quantitative estimate of drug-likeness (QED) is 0.0759. The molecule has 7 unspecified atom stereocenters. The molecule has 4 rings (SSSR count). The molecule has 3 saturated heterocycles. The van der Waals surface area contributed by atoms with Gasteiger partial charge in [0, 0.05) is 51.5 Å². The SMILES string of the molecule is CO[C@H]1O[C@@H](CN)[C@@H](O)C(O)[C@H]1N.NCCCC(=O)NC1CC(N)CC(OC2CCC(CO)O2)C1.NCCCNCC1O[C@H](O)CC[C@@H]1O. The molecule has 3 aliphatic heterocycles. The molecule has 17 N–H and O–H groups in total. The number of aliphatic hydroxyl groups excluding tert-OH is 5. The Morgan fingerprint density at radius 3 is 2.24 bits per heavy atom. The minimum absolute atomic E-state index is 0.00833. The third-order valence-corrected chi connectivity index (χ3v) is 8.88. The number of hydrogen-bond acceptors (Lipinski definition) is 17. The predicted octanol–water partition coefficient (Wildman–Crippen LogP) is -4.25. The Kier molecular flexibility index (Phi) is 21.7. The second kappa shape index (κ2) is 24.1. The van der Waals surface area contributed by atoms with Crippen molar-refractivity contribution in [3.63, 3.8) is 0 Å². The van der Waals surface area contributed by atoms with Crippen LogP contribution in [0.3, 0.4) is 0 Å². The number of aliphatic hydroxyl groups is 5. The lowest BCUT2D eigenvalue weighted by molar-refractivity contribution is -0.248. The van der Waals surface area contributed by atoms with Gasteiger partial charge >= 0.3 is 0 Å². The van der Waals surface area contributed by atoms with Crippen molar-refractivity contribution in [3.8, 4) is 0 Å². The summed E-state index contributed by atoms with van der Waals surface area (Å²) in [6.45, 7) is 2.71. The van der Waals surface area contributed by atoms with Crippen molar-refractivity contribution in [1.82, 2.24) is 10.6 Å². The number of ether oxygens (including phenoxy) is 5. The smallest absolute Gasteiger partial charge is 0.220 e. The Balaban J connectivity index is 0.000000269. The molecular weight excluding hydrogens is 646 g/mol. The highest BCUT2D eigenvalue weighted by Crippen LogP contribution is 2.27. The summed E-state index contributed by atoms with van der Waals surface area (Å²) in [5.74, 6) is 0.0285. The average molecular weight is 712 g/mol. The third kappa shape index (κ3) is 15.9. The fourth-order valence-corrected chi connectivity index (χ4v) is 6.10. The van der Waals surface area contributed by atoms with Crippen LogP contribution in [0.25, 0.3) is 0 Å². The summed E-state index contributed by atoms with van der Waals surface area (Å²) in [5, 5.41) is 52.9. The Labute approximate surface area is 289 Å². The number of rotatable bonds is 14. The van der Waals surface area contributed by atoms with Crippen LogP contribution in [0.4, 0.5) is 0 Å². The van der Waals surface area contributed by atoms with Crippen molar-refractivity contribution in [1.29, 1.82) is 0 Å². The first-order valence-electron chi connectivity index (χ1n) is 17.5. The number of hydrogen-bond donors (Lipinski definition) is 12. The van der Waals surface area contributed by atoms with Crippen molar-refractivity contribution in [2.24, 2.45) is 28.7 Å².